The van der Waals surface area contributed by atoms with Gasteiger partial charge < -0.3 is 14.2 Å². The van der Waals surface area contributed by atoms with Gasteiger partial charge in [0.2, 0.25) is 0 Å². The Morgan fingerprint density at radius 3 is 2.00 bits per heavy atom. The van der Waals surface area contributed by atoms with E-state index in [9.17, 15) is 9.59 Å². The van der Waals surface area contributed by atoms with Crippen molar-refractivity contribution in [2.24, 2.45) is 82.9 Å². The Kier molecular flexibility index (Phi) is 6.68. The van der Waals surface area contributed by atoms with Crippen LogP contribution >= 0.6 is 0 Å². The van der Waals surface area contributed by atoms with Crippen molar-refractivity contribution >= 4 is 11.9 Å². The minimum absolute atomic E-state index is 0.0506. The number of fused-ring (bicyclic) bond motifs is 6. The van der Waals surface area contributed by atoms with Gasteiger partial charge in [-0.3, -0.25) is 9.59 Å². The van der Waals surface area contributed by atoms with Crippen molar-refractivity contribution in [3.05, 3.63) is 0 Å². The Hall–Kier alpha value is -1.10. The third kappa shape index (κ3) is 4.79. The van der Waals surface area contributed by atoms with Gasteiger partial charge in [0.1, 0.15) is 18.3 Å². The van der Waals surface area contributed by atoms with Gasteiger partial charge in [-0.2, -0.15) is 0 Å². The minimum atomic E-state index is -0.414. The first kappa shape index (κ1) is 26.8. The molecule has 0 aromatic rings. The van der Waals surface area contributed by atoms with E-state index in [4.69, 9.17) is 14.2 Å². The van der Waals surface area contributed by atoms with Gasteiger partial charge in [-0.05, 0) is 150 Å². The number of hydrogen-bond acceptors (Lipinski definition) is 5. The third-order valence-corrected chi connectivity index (χ3v) is 13.4. The highest BCUT2D eigenvalue weighted by atomic mass is 16.6. The van der Waals surface area contributed by atoms with Gasteiger partial charge in [0.15, 0.2) is 0 Å². The third-order valence-electron chi connectivity index (χ3n) is 13.4. The molecule has 15 unspecified atom stereocenters. The van der Waals surface area contributed by atoms with Crippen LogP contribution in [0.25, 0.3) is 0 Å². The lowest BCUT2D eigenvalue weighted by Gasteiger charge is -2.42. The van der Waals surface area contributed by atoms with Crippen molar-refractivity contribution in [1.29, 1.82) is 0 Å². The molecule has 0 amide bonds. The highest BCUT2D eigenvalue weighted by Gasteiger charge is 2.60. The van der Waals surface area contributed by atoms with Crippen LogP contribution < -0.4 is 0 Å². The molecule has 0 aromatic carbocycles. The summed E-state index contributed by atoms with van der Waals surface area (Å²) in [6.07, 6.45) is 11.5. The van der Waals surface area contributed by atoms with E-state index in [-0.39, 0.29) is 29.9 Å². The SMILES string of the molecule is CC1C2CCC(C2)C1CC1C(CC2C(C)C3CC(C(=O)OC(C)(C)C)C2C3)C2CC(C(=O)OCC3CO3)C1C2. The van der Waals surface area contributed by atoms with Crippen LogP contribution in [0.2, 0.25) is 0 Å². The van der Waals surface area contributed by atoms with Crippen LogP contribution in [0.5, 0.6) is 0 Å². The normalized spacial score (nSPS) is 51.1. The molecule has 7 rings (SSSR count). The van der Waals surface area contributed by atoms with Crippen LogP contribution in [0, 0.1) is 82.9 Å². The lowest BCUT2D eigenvalue weighted by atomic mass is 9.62. The maximum atomic E-state index is 13.3. The summed E-state index contributed by atoms with van der Waals surface area (Å²) in [5, 5.41) is 0. The van der Waals surface area contributed by atoms with E-state index in [0.717, 1.165) is 43.1 Å². The molecule has 0 N–H and O–H groups in total. The minimum Gasteiger partial charge on any atom is -0.463 e. The van der Waals surface area contributed by atoms with Crippen LogP contribution in [0.3, 0.4) is 0 Å². The summed E-state index contributed by atoms with van der Waals surface area (Å²) in [7, 11) is 0. The second-order valence-corrected chi connectivity index (χ2v) is 16.3. The molecule has 7 fully saturated rings. The van der Waals surface area contributed by atoms with Crippen molar-refractivity contribution in [3.8, 4) is 0 Å². The number of rotatable bonds is 8. The van der Waals surface area contributed by atoms with Crippen LogP contribution in [0.15, 0.2) is 0 Å². The highest BCUT2D eigenvalue weighted by molar-refractivity contribution is 5.74. The van der Waals surface area contributed by atoms with Gasteiger partial charge >= 0.3 is 11.9 Å². The summed E-state index contributed by atoms with van der Waals surface area (Å²) in [6, 6.07) is 0. The number of ether oxygens (including phenoxy) is 3. The molecule has 39 heavy (non-hydrogen) atoms. The standard InChI is InChI=1S/C34H52O5/c1-17-19-6-7-20(8-19)24(17)13-29-26(22-11-28(29)30(12-22)32(35)38-16-23-15-37-23)14-25-18(2)21-9-27(25)31(10-21)33(36)39-34(3,4)5/h17-31H,6-16H2,1-5H3. The largest absolute Gasteiger partial charge is 0.463 e. The fraction of sp³-hybridized carbons (Fsp3) is 0.941. The molecular weight excluding hydrogens is 488 g/mol. The van der Waals surface area contributed by atoms with Gasteiger partial charge in [-0.25, -0.2) is 0 Å². The van der Waals surface area contributed by atoms with E-state index in [1.165, 1.54) is 44.9 Å². The Bertz CT molecular complexity index is 963. The first-order valence-electron chi connectivity index (χ1n) is 16.6. The Morgan fingerprint density at radius 1 is 0.718 bits per heavy atom. The van der Waals surface area contributed by atoms with Gasteiger partial charge in [0.05, 0.1) is 18.4 Å². The van der Waals surface area contributed by atoms with Gasteiger partial charge in [0, 0.05) is 0 Å². The Morgan fingerprint density at radius 2 is 1.33 bits per heavy atom. The number of esters is 2. The molecule has 6 saturated carbocycles. The molecular formula is C34H52O5. The summed E-state index contributed by atoms with van der Waals surface area (Å²) in [5.74, 6) is 8.83. The summed E-state index contributed by atoms with van der Waals surface area (Å²) in [6.45, 7) is 12.2. The molecule has 1 aliphatic heterocycles. The monoisotopic (exact) mass is 540 g/mol. The van der Waals surface area contributed by atoms with Gasteiger partial charge in [-0.15, -0.1) is 0 Å². The van der Waals surface area contributed by atoms with Gasteiger partial charge in [0.25, 0.3) is 0 Å². The first-order chi connectivity index (χ1) is 18.6. The topological polar surface area (TPSA) is 65.1 Å². The van der Waals surface area contributed by atoms with Crippen LogP contribution in [-0.4, -0.2) is 36.9 Å². The van der Waals surface area contributed by atoms with E-state index in [1.54, 1.807) is 0 Å². The predicted octanol–water partition coefficient (Wildman–Crippen LogP) is 6.53. The summed E-state index contributed by atoms with van der Waals surface area (Å²) < 4.78 is 17.0. The molecule has 5 heteroatoms. The predicted molar refractivity (Wildman–Crippen MR) is 148 cm³/mol. The van der Waals surface area contributed by atoms with Crippen molar-refractivity contribution in [1.82, 2.24) is 0 Å². The van der Waals surface area contributed by atoms with E-state index >= 15 is 0 Å². The Balaban J connectivity index is 1.08. The molecule has 5 nitrogen and oxygen atoms in total. The molecule has 1 heterocycles. The Labute approximate surface area is 235 Å². The second-order valence-electron chi connectivity index (χ2n) is 16.3. The summed E-state index contributed by atoms with van der Waals surface area (Å²) in [5.41, 5.74) is -0.414. The average Bonchev–Trinajstić information content (AvgIpc) is 3.37. The van der Waals surface area contributed by atoms with E-state index in [2.05, 4.69) is 13.8 Å². The van der Waals surface area contributed by atoms with Crippen molar-refractivity contribution in [2.75, 3.05) is 13.2 Å². The molecule has 0 aromatic heterocycles. The maximum Gasteiger partial charge on any atom is 0.309 e. The molecule has 15 atom stereocenters. The zero-order chi connectivity index (χ0) is 27.2. The van der Waals surface area contributed by atoms with Crippen molar-refractivity contribution < 1.29 is 23.8 Å². The lowest BCUT2D eigenvalue weighted by molar-refractivity contribution is -0.163. The molecule has 7 aliphatic rings. The van der Waals surface area contributed by atoms with Crippen molar-refractivity contribution in [2.45, 2.75) is 104 Å². The number of carbonyl (C=O) groups excluding carboxylic acids is 2. The zero-order valence-corrected chi connectivity index (χ0v) is 25.0. The van der Waals surface area contributed by atoms with E-state index in [0.29, 0.717) is 54.0 Å². The molecule has 1 saturated heterocycles. The molecule has 0 spiro atoms. The average molecular weight is 541 g/mol. The molecule has 6 aliphatic carbocycles. The molecule has 218 valence electrons. The maximum absolute atomic E-state index is 13.3. The van der Waals surface area contributed by atoms with Crippen LogP contribution in [0.4, 0.5) is 0 Å². The van der Waals surface area contributed by atoms with Crippen LogP contribution in [0.1, 0.15) is 92.4 Å². The van der Waals surface area contributed by atoms with Gasteiger partial charge in [-0.1, -0.05) is 13.8 Å². The highest BCUT2D eigenvalue weighted by Crippen LogP contribution is 2.65. The lowest BCUT2D eigenvalue weighted by Crippen LogP contribution is -2.40. The summed E-state index contributed by atoms with van der Waals surface area (Å²) in [4.78, 5) is 26.5. The second kappa shape index (κ2) is 9.73. The van der Waals surface area contributed by atoms with Crippen molar-refractivity contribution in [3.63, 3.8) is 0 Å². The molecule has 0 radical (unpaired) electrons. The van der Waals surface area contributed by atoms with E-state index in [1.807, 2.05) is 20.8 Å². The fourth-order valence-electron chi connectivity index (χ4n) is 11.6. The smallest absolute Gasteiger partial charge is 0.309 e. The number of hydrogen-bond donors (Lipinski definition) is 0. The first-order valence-corrected chi connectivity index (χ1v) is 16.6. The fourth-order valence-corrected chi connectivity index (χ4v) is 11.6. The number of epoxide rings is 1. The molecule has 6 bridgehead atoms. The quantitative estimate of drug-likeness (QED) is 0.259. The zero-order valence-electron chi connectivity index (χ0n) is 25.0. The van der Waals surface area contributed by atoms with Crippen LogP contribution in [-0.2, 0) is 23.8 Å². The van der Waals surface area contributed by atoms with E-state index < -0.39 is 5.60 Å². The summed E-state index contributed by atoms with van der Waals surface area (Å²) >= 11 is 0. The number of carbonyl (C=O) groups is 2.